The first-order chi connectivity index (χ1) is 13.6. The van der Waals surface area contributed by atoms with Crippen LogP contribution < -0.4 is 10.1 Å². The van der Waals surface area contributed by atoms with Crippen LogP contribution in [0.4, 0.5) is 10.1 Å². The van der Waals surface area contributed by atoms with E-state index in [1.165, 1.54) is 7.11 Å². The minimum absolute atomic E-state index is 0.0523. The number of methoxy groups -OCH3 is 1. The van der Waals surface area contributed by atoms with Gasteiger partial charge in [-0.05, 0) is 41.8 Å². The molecule has 0 radical (unpaired) electrons. The molecule has 3 aromatic rings. The summed E-state index contributed by atoms with van der Waals surface area (Å²) < 4.78 is 19.9. The van der Waals surface area contributed by atoms with E-state index in [-0.39, 0.29) is 17.4 Å². The molecule has 5 heteroatoms. The first-order valence-electron chi connectivity index (χ1n) is 8.98. The molecule has 1 amide bonds. The largest absolute Gasteiger partial charge is 0.494 e. The van der Waals surface area contributed by atoms with Crippen molar-refractivity contribution in [2.45, 2.75) is 12.8 Å². The topological polar surface area (TPSA) is 55.4 Å². The smallest absolute Gasteiger partial charge is 0.255 e. The molecule has 0 spiro atoms. The third-order valence-corrected chi connectivity index (χ3v) is 4.95. The van der Waals surface area contributed by atoms with Crippen molar-refractivity contribution in [2.24, 2.45) is 0 Å². The molecule has 1 aliphatic carbocycles. The van der Waals surface area contributed by atoms with Gasteiger partial charge in [0, 0.05) is 23.1 Å². The molecule has 4 rings (SSSR count). The molecule has 1 N–H and O–H groups in total. The number of ether oxygens (including phenoxy) is 1. The zero-order valence-corrected chi connectivity index (χ0v) is 15.3. The molecular weight excluding hydrogens is 357 g/mol. The Hall–Kier alpha value is -3.47. The summed E-state index contributed by atoms with van der Waals surface area (Å²) in [5.41, 5.74) is 3.20. The Morgan fingerprint density at radius 1 is 0.964 bits per heavy atom. The van der Waals surface area contributed by atoms with Gasteiger partial charge in [-0.2, -0.15) is 0 Å². The minimum atomic E-state index is -0.465. The van der Waals surface area contributed by atoms with E-state index in [0.717, 1.165) is 5.56 Å². The van der Waals surface area contributed by atoms with Crippen LogP contribution in [0, 0.1) is 5.82 Å². The van der Waals surface area contributed by atoms with Crippen LogP contribution >= 0.6 is 0 Å². The zero-order chi connectivity index (χ0) is 19.7. The lowest BCUT2D eigenvalue weighted by Crippen LogP contribution is -2.14. The second-order valence-corrected chi connectivity index (χ2v) is 6.58. The van der Waals surface area contributed by atoms with E-state index in [0.29, 0.717) is 40.8 Å². The van der Waals surface area contributed by atoms with Crippen molar-refractivity contribution >= 4 is 17.4 Å². The first-order valence-corrected chi connectivity index (χ1v) is 8.98. The highest BCUT2D eigenvalue weighted by Crippen LogP contribution is 2.39. The molecule has 0 fully saturated rings. The van der Waals surface area contributed by atoms with Crippen LogP contribution in [0.25, 0.3) is 11.1 Å². The van der Waals surface area contributed by atoms with Crippen molar-refractivity contribution in [1.29, 1.82) is 0 Å². The van der Waals surface area contributed by atoms with Gasteiger partial charge in [-0.3, -0.25) is 9.59 Å². The van der Waals surface area contributed by atoms with E-state index in [2.05, 4.69) is 5.32 Å². The van der Waals surface area contributed by atoms with Crippen molar-refractivity contribution in [3.8, 4) is 16.9 Å². The molecule has 1 aliphatic rings. The van der Waals surface area contributed by atoms with Crippen LogP contribution in [0.5, 0.6) is 5.75 Å². The number of nitrogens with one attached hydrogen (secondary N) is 1. The molecule has 0 bridgehead atoms. The quantitative estimate of drug-likeness (QED) is 0.707. The fourth-order valence-electron chi connectivity index (χ4n) is 3.61. The lowest BCUT2D eigenvalue weighted by molar-refractivity contribution is 0.0995. The van der Waals surface area contributed by atoms with Crippen LogP contribution in [-0.2, 0) is 6.42 Å². The van der Waals surface area contributed by atoms with Gasteiger partial charge in [-0.25, -0.2) is 4.39 Å². The minimum Gasteiger partial charge on any atom is -0.494 e. The van der Waals surface area contributed by atoms with Crippen LogP contribution in [0.15, 0.2) is 60.7 Å². The number of halogens is 1. The number of ketones is 1. The number of hydrogen-bond acceptors (Lipinski definition) is 3. The van der Waals surface area contributed by atoms with E-state index in [1.54, 1.807) is 54.6 Å². The van der Waals surface area contributed by atoms with E-state index >= 15 is 0 Å². The van der Waals surface area contributed by atoms with Crippen molar-refractivity contribution in [3.63, 3.8) is 0 Å². The van der Waals surface area contributed by atoms with Gasteiger partial charge in [0.05, 0.1) is 12.8 Å². The molecule has 0 aliphatic heterocycles. The molecule has 0 saturated heterocycles. The highest BCUT2D eigenvalue weighted by Gasteiger charge is 2.28. The molecule has 28 heavy (non-hydrogen) atoms. The maximum absolute atomic E-state index is 14.8. The average molecular weight is 375 g/mol. The van der Waals surface area contributed by atoms with Crippen LogP contribution in [0.2, 0.25) is 0 Å². The summed E-state index contributed by atoms with van der Waals surface area (Å²) in [6.07, 6.45) is 0.849. The number of amides is 1. The third kappa shape index (κ3) is 3.05. The van der Waals surface area contributed by atoms with Gasteiger partial charge in [0.1, 0.15) is 0 Å². The highest BCUT2D eigenvalue weighted by atomic mass is 19.1. The van der Waals surface area contributed by atoms with Crippen molar-refractivity contribution < 1.29 is 18.7 Å². The zero-order valence-electron chi connectivity index (χ0n) is 15.3. The van der Waals surface area contributed by atoms with Crippen molar-refractivity contribution in [3.05, 3.63) is 83.2 Å². The van der Waals surface area contributed by atoms with E-state index in [4.69, 9.17) is 4.74 Å². The summed E-state index contributed by atoms with van der Waals surface area (Å²) in [5.74, 6) is -0.657. The SMILES string of the molecule is COc1cccc(-c2ccc(NC(=O)c3ccccc3)c3c2CCC3=O)c1F. The molecular formula is C23H18FNO3. The fourth-order valence-corrected chi connectivity index (χ4v) is 3.61. The Kier molecular flexibility index (Phi) is 4.65. The summed E-state index contributed by atoms with van der Waals surface area (Å²) in [5, 5.41) is 2.83. The van der Waals surface area contributed by atoms with E-state index < -0.39 is 5.82 Å². The number of fused-ring (bicyclic) bond motifs is 1. The number of benzene rings is 3. The van der Waals surface area contributed by atoms with Gasteiger partial charge in [0.2, 0.25) is 0 Å². The predicted octanol–water partition coefficient (Wildman–Crippen LogP) is 4.88. The Labute approximate surface area is 162 Å². The summed E-state index contributed by atoms with van der Waals surface area (Å²) in [6, 6.07) is 17.1. The lowest BCUT2D eigenvalue weighted by atomic mass is 9.95. The Morgan fingerprint density at radius 3 is 2.50 bits per heavy atom. The van der Waals surface area contributed by atoms with E-state index in [9.17, 15) is 14.0 Å². The maximum atomic E-state index is 14.8. The molecule has 0 aromatic heterocycles. The number of Topliss-reactive ketones (excluding diaryl/α,β-unsaturated/α-hetero) is 1. The van der Waals surface area contributed by atoms with Crippen molar-refractivity contribution in [2.75, 3.05) is 12.4 Å². The number of carbonyl (C=O) groups is 2. The Balaban J connectivity index is 1.78. The summed E-state index contributed by atoms with van der Waals surface area (Å²) in [6.45, 7) is 0. The number of rotatable bonds is 4. The van der Waals surface area contributed by atoms with Gasteiger partial charge < -0.3 is 10.1 Å². The van der Waals surface area contributed by atoms with Gasteiger partial charge in [-0.1, -0.05) is 36.4 Å². The van der Waals surface area contributed by atoms with Crippen LogP contribution in [0.3, 0.4) is 0 Å². The second kappa shape index (κ2) is 7.27. The first kappa shape index (κ1) is 17.9. The highest BCUT2D eigenvalue weighted by molar-refractivity contribution is 6.12. The molecule has 140 valence electrons. The normalized spacial score (nSPS) is 12.6. The molecule has 0 heterocycles. The third-order valence-electron chi connectivity index (χ3n) is 4.95. The number of anilines is 1. The summed E-state index contributed by atoms with van der Waals surface area (Å²) in [4.78, 5) is 25.0. The number of carbonyl (C=O) groups excluding carboxylic acids is 2. The standard InChI is InChI=1S/C23H18FNO3/c1-28-20-9-5-8-17(22(20)24)15-10-12-18(21-16(15)11-13-19(21)26)25-23(27)14-6-3-2-4-7-14/h2-10,12H,11,13H2,1H3,(H,25,27). The summed E-state index contributed by atoms with van der Waals surface area (Å²) in [7, 11) is 1.42. The maximum Gasteiger partial charge on any atom is 0.255 e. The van der Waals surface area contributed by atoms with Gasteiger partial charge >= 0.3 is 0 Å². The van der Waals surface area contributed by atoms with Crippen LogP contribution in [-0.4, -0.2) is 18.8 Å². The fraction of sp³-hybridized carbons (Fsp3) is 0.130. The van der Waals surface area contributed by atoms with Crippen LogP contribution in [0.1, 0.15) is 32.7 Å². The van der Waals surface area contributed by atoms with Crippen molar-refractivity contribution in [1.82, 2.24) is 0 Å². The molecule has 3 aromatic carbocycles. The Morgan fingerprint density at radius 2 is 1.75 bits per heavy atom. The summed E-state index contributed by atoms with van der Waals surface area (Å²) >= 11 is 0. The number of hydrogen-bond donors (Lipinski definition) is 1. The molecule has 0 saturated carbocycles. The molecule has 0 atom stereocenters. The molecule has 0 unspecified atom stereocenters. The van der Waals surface area contributed by atoms with E-state index in [1.807, 2.05) is 6.07 Å². The predicted molar refractivity (Wildman–Crippen MR) is 105 cm³/mol. The van der Waals surface area contributed by atoms with Gasteiger partial charge in [0.25, 0.3) is 5.91 Å². The average Bonchev–Trinajstić information content (AvgIpc) is 3.11. The molecule has 4 nitrogen and oxygen atoms in total. The Bertz CT molecular complexity index is 1080. The lowest BCUT2D eigenvalue weighted by Gasteiger charge is -2.15. The second-order valence-electron chi connectivity index (χ2n) is 6.58. The van der Waals surface area contributed by atoms with Gasteiger partial charge in [0.15, 0.2) is 17.3 Å². The van der Waals surface area contributed by atoms with Gasteiger partial charge in [-0.15, -0.1) is 0 Å². The monoisotopic (exact) mass is 375 g/mol.